The Morgan fingerprint density at radius 2 is 2.05 bits per heavy atom. The molecule has 2 fully saturated rings. The summed E-state index contributed by atoms with van der Waals surface area (Å²) in [7, 11) is 0. The van der Waals surface area contributed by atoms with Crippen molar-refractivity contribution in [3.63, 3.8) is 0 Å². The number of amides is 1. The van der Waals surface area contributed by atoms with Gasteiger partial charge in [0.15, 0.2) is 0 Å². The number of nitrogens with zero attached hydrogens (tertiary/aromatic N) is 2. The fourth-order valence-corrected chi connectivity index (χ4v) is 2.83. The van der Waals surface area contributed by atoms with E-state index in [0.717, 1.165) is 37.8 Å². The molecule has 1 N–H and O–H groups in total. The Kier molecular flexibility index (Phi) is 4.25. The zero-order valence-electron chi connectivity index (χ0n) is 12.4. The number of benzene rings is 1. The van der Waals surface area contributed by atoms with Crippen LogP contribution < -0.4 is 10.2 Å². The Hall–Kier alpha value is -1.81. The molecule has 4 heteroatoms. The molecule has 1 aliphatic heterocycles. The van der Waals surface area contributed by atoms with Crippen molar-refractivity contribution in [1.82, 2.24) is 4.90 Å². The molecule has 0 atom stereocenters. The van der Waals surface area contributed by atoms with Crippen LogP contribution in [0.5, 0.6) is 0 Å². The molecule has 0 unspecified atom stereocenters. The lowest BCUT2D eigenvalue weighted by Gasteiger charge is -2.36. The number of hydrogen-bond acceptors (Lipinski definition) is 3. The van der Waals surface area contributed by atoms with Crippen molar-refractivity contribution < 1.29 is 4.79 Å². The number of hydrogen-bond donors (Lipinski definition) is 1. The molecule has 2 aliphatic rings. The summed E-state index contributed by atoms with van der Waals surface area (Å²) in [6.07, 6.45) is 4.14. The van der Waals surface area contributed by atoms with E-state index < -0.39 is 0 Å². The molecule has 3 rings (SSSR count). The third-order valence-corrected chi connectivity index (χ3v) is 4.25. The van der Waals surface area contributed by atoms with E-state index in [1.807, 2.05) is 18.2 Å². The third-order valence-electron chi connectivity index (χ3n) is 4.25. The summed E-state index contributed by atoms with van der Waals surface area (Å²) in [5, 5.41) is 2.82. The predicted molar refractivity (Wildman–Crippen MR) is 86.6 cm³/mol. The molecule has 4 nitrogen and oxygen atoms in total. The summed E-state index contributed by atoms with van der Waals surface area (Å²) in [6.45, 7) is 9.16. The maximum atomic E-state index is 11.4. The molecule has 0 spiro atoms. The van der Waals surface area contributed by atoms with Gasteiger partial charge in [-0.25, -0.2) is 0 Å². The molecule has 1 aromatic carbocycles. The second kappa shape index (κ2) is 6.31. The van der Waals surface area contributed by atoms with Crippen LogP contribution in [0.4, 0.5) is 11.4 Å². The highest BCUT2D eigenvalue weighted by molar-refractivity contribution is 5.99. The van der Waals surface area contributed by atoms with Gasteiger partial charge in [-0.05, 0) is 43.0 Å². The normalized spacial score (nSPS) is 19.3. The fourth-order valence-electron chi connectivity index (χ4n) is 2.83. The Balaban J connectivity index is 1.57. The first-order valence-electron chi connectivity index (χ1n) is 7.75. The van der Waals surface area contributed by atoms with Crippen LogP contribution in [-0.4, -0.2) is 43.5 Å². The van der Waals surface area contributed by atoms with Crippen molar-refractivity contribution in [1.29, 1.82) is 0 Å². The van der Waals surface area contributed by atoms with E-state index in [2.05, 4.69) is 27.8 Å². The summed E-state index contributed by atoms with van der Waals surface area (Å²) in [4.78, 5) is 16.3. The molecular weight excluding hydrogens is 262 g/mol. The summed E-state index contributed by atoms with van der Waals surface area (Å²) in [5.74, 6) is 0.801. The second-order valence-electron chi connectivity index (χ2n) is 5.97. The third kappa shape index (κ3) is 3.85. The van der Waals surface area contributed by atoms with E-state index in [1.54, 1.807) is 0 Å². The first-order valence-corrected chi connectivity index (χ1v) is 7.75. The van der Waals surface area contributed by atoms with Crippen molar-refractivity contribution in [3.05, 3.63) is 36.9 Å². The van der Waals surface area contributed by atoms with Gasteiger partial charge in [-0.15, -0.1) is 0 Å². The van der Waals surface area contributed by atoms with Crippen LogP contribution in [0.3, 0.4) is 0 Å². The maximum Gasteiger partial charge on any atom is 0.247 e. The van der Waals surface area contributed by atoms with Crippen molar-refractivity contribution in [2.45, 2.75) is 12.8 Å². The number of rotatable bonds is 5. The molecule has 0 bridgehead atoms. The highest BCUT2D eigenvalue weighted by Gasteiger charge is 2.26. The first-order chi connectivity index (χ1) is 10.2. The maximum absolute atomic E-state index is 11.4. The predicted octanol–water partition coefficient (Wildman–Crippen LogP) is 2.34. The Morgan fingerprint density at radius 3 is 2.71 bits per heavy atom. The van der Waals surface area contributed by atoms with Crippen LogP contribution in [0, 0.1) is 5.92 Å². The summed E-state index contributed by atoms with van der Waals surface area (Å²) in [5.41, 5.74) is 2.01. The van der Waals surface area contributed by atoms with Crippen LogP contribution in [0.1, 0.15) is 12.8 Å². The molecule has 1 amide bonds. The molecule has 1 aliphatic carbocycles. The van der Waals surface area contributed by atoms with E-state index in [9.17, 15) is 4.79 Å². The first kappa shape index (κ1) is 14.1. The molecule has 0 radical (unpaired) electrons. The van der Waals surface area contributed by atoms with Gasteiger partial charge in [0.2, 0.25) is 5.91 Å². The van der Waals surface area contributed by atoms with Gasteiger partial charge in [-0.3, -0.25) is 9.69 Å². The van der Waals surface area contributed by atoms with Crippen molar-refractivity contribution >= 4 is 17.3 Å². The van der Waals surface area contributed by atoms with E-state index in [1.165, 1.54) is 31.1 Å². The van der Waals surface area contributed by atoms with Gasteiger partial charge in [0.1, 0.15) is 0 Å². The number of piperazine rings is 1. The fraction of sp³-hybridized carbons (Fsp3) is 0.471. The number of nitrogens with one attached hydrogen (secondary N) is 1. The number of anilines is 2. The van der Waals surface area contributed by atoms with Crippen LogP contribution in [-0.2, 0) is 4.79 Å². The molecule has 112 valence electrons. The average molecular weight is 285 g/mol. The van der Waals surface area contributed by atoms with Gasteiger partial charge in [0, 0.05) is 44.1 Å². The lowest BCUT2D eigenvalue weighted by atomic mass is 10.2. The van der Waals surface area contributed by atoms with Crippen LogP contribution >= 0.6 is 0 Å². The largest absolute Gasteiger partial charge is 0.369 e. The van der Waals surface area contributed by atoms with Gasteiger partial charge >= 0.3 is 0 Å². The van der Waals surface area contributed by atoms with Gasteiger partial charge in [0.05, 0.1) is 0 Å². The van der Waals surface area contributed by atoms with Gasteiger partial charge in [-0.2, -0.15) is 0 Å². The Labute approximate surface area is 126 Å². The lowest BCUT2D eigenvalue weighted by Crippen LogP contribution is -2.47. The van der Waals surface area contributed by atoms with Crippen LogP contribution in [0.25, 0.3) is 0 Å². The lowest BCUT2D eigenvalue weighted by molar-refractivity contribution is -0.111. The smallest absolute Gasteiger partial charge is 0.247 e. The minimum Gasteiger partial charge on any atom is -0.369 e. The molecule has 1 aromatic rings. The minimum absolute atomic E-state index is 0.165. The summed E-state index contributed by atoms with van der Waals surface area (Å²) in [6, 6.07) is 8.05. The van der Waals surface area contributed by atoms with Gasteiger partial charge in [-0.1, -0.05) is 12.6 Å². The molecule has 21 heavy (non-hydrogen) atoms. The molecular formula is C17H23N3O. The Morgan fingerprint density at radius 1 is 1.29 bits per heavy atom. The van der Waals surface area contributed by atoms with Crippen LogP contribution in [0.15, 0.2) is 36.9 Å². The van der Waals surface area contributed by atoms with E-state index >= 15 is 0 Å². The van der Waals surface area contributed by atoms with E-state index in [0.29, 0.717) is 0 Å². The molecule has 1 saturated carbocycles. The van der Waals surface area contributed by atoms with Gasteiger partial charge in [0.25, 0.3) is 0 Å². The van der Waals surface area contributed by atoms with E-state index in [4.69, 9.17) is 0 Å². The van der Waals surface area contributed by atoms with Gasteiger partial charge < -0.3 is 10.2 Å². The number of carbonyl (C=O) groups excluding carboxylic acids is 1. The summed E-state index contributed by atoms with van der Waals surface area (Å²) < 4.78 is 0. The molecule has 1 heterocycles. The standard InChI is InChI=1S/C17H23N3O/c1-2-17(21)18-15-4-3-5-16(12-15)20-10-8-19(9-11-20)13-14-6-7-14/h2-5,12,14H,1,6-11,13H2,(H,18,21). The van der Waals surface area contributed by atoms with Crippen molar-refractivity contribution in [2.24, 2.45) is 5.92 Å². The number of carbonyl (C=O) groups is 1. The average Bonchev–Trinajstić information content (AvgIpc) is 3.32. The second-order valence-corrected chi connectivity index (χ2v) is 5.97. The minimum atomic E-state index is -0.165. The molecule has 1 saturated heterocycles. The SMILES string of the molecule is C=CC(=O)Nc1cccc(N2CCN(CC3CC3)CC2)c1. The molecule has 0 aromatic heterocycles. The van der Waals surface area contributed by atoms with Crippen molar-refractivity contribution in [3.8, 4) is 0 Å². The zero-order chi connectivity index (χ0) is 14.7. The van der Waals surface area contributed by atoms with E-state index in [-0.39, 0.29) is 5.91 Å². The van der Waals surface area contributed by atoms with Crippen LogP contribution in [0.2, 0.25) is 0 Å². The quantitative estimate of drug-likeness (QED) is 0.844. The highest BCUT2D eigenvalue weighted by atomic mass is 16.1. The zero-order valence-corrected chi connectivity index (χ0v) is 12.4. The van der Waals surface area contributed by atoms with Crippen molar-refractivity contribution in [2.75, 3.05) is 42.9 Å². The summed E-state index contributed by atoms with van der Waals surface area (Å²) >= 11 is 0. The monoisotopic (exact) mass is 285 g/mol. The topological polar surface area (TPSA) is 35.6 Å². The highest BCUT2D eigenvalue weighted by Crippen LogP contribution is 2.30. The Bertz CT molecular complexity index is 517.